The fraction of sp³-hybridized carbons (Fsp3) is 0.750. The maximum absolute atomic E-state index is 3.63. The van der Waals surface area contributed by atoms with Crippen LogP contribution in [0.1, 0.15) is 68.2 Å². The van der Waals surface area contributed by atoms with Gasteiger partial charge in [-0.1, -0.05) is 62.8 Å². The van der Waals surface area contributed by atoms with E-state index in [1.807, 2.05) is 0 Å². The van der Waals surface area contributed by atoms with Gasteiger partial charge in [-0.3, -0.25) is 9.80 Å². The van der Waals surface area contributed by atoms with Gasteiger partial charge in [0.2, 0.25) is 0 Å². The minimum atomic E-state index is 0.317. The molecule has 0 saturated heterocycles. The van der Waals surface area contributed by atoms with E-state index in [1.54, 1.807) is 0 Å². The van der Waals surface area contributed by atoms with E-state index in [0.29, 0.717) is 23.9 Å². The number of likely N-dealkylation sites (N-methyl/N-ethyl adjacent to an activating group) is 2. The molecule has 0 aliphatic heterocycles. The van der Waals surface area contributed by atoms with Gasteiger partial charge in [0.15, 0.2) is 0 Å². The van der Waals surface area contributed by atoms with Gasteiger partial charge in [-0.2, -0.15) is 0 Å². The molecule has 2 atom stereocenters. The smallest absolute Gasteiger partial charge is 0.0717 e. The highest BCUT2D eigenvalue weighted by atomic mass is 15.1. The summed E-state index contributed by atoms with van der Waals surface area (Å²) in [5, 5.41) is 0. The number of hydrogen-bond acceptors (Lipinski definition) is 2. The van der Waals surface area contributed by atoms with E-state index >= 15 is 0 Å². The molecule has 0 bridgehead atoms. The molecule has 2 heteroatoms. The lowest BCUT2D eigenvalue weighted by Crippen LogP contribution is -2.34. The third-order valence-electron chi connectivity index (χ3n) is 4.45. The molecular formula is C24H44N2. The Morgan fingerprint density at radius 3 is 1.23 bits per heavy atom. The molecule has 26 heavy (non-hydrogen) atoms. The van der Waals surface area contributed by atoms with Crippen LogP contribution in [0.5, 0.6) is 0 Å². The fourth-order valence-electron chi connectivity index (χ4n) is 2.69. The van der Waals surface area contributed by atoms with Crippen LogP contribution in [-0.2, 0) is 0 Å². The predicted octanol–water partition coefficient (Wildman–Crippen LogP) is 5.62. The average Bonchev–Trinajstić information content (AvgIpc) is 2.51. The summed E-state index contributed by atoms with van der Waals surface area (Å²) in [4.78, 5) is 4.78. The van der Waals surface area contributed by atoms with Crippen molar-refractivity contribution in [1.82, 2.24) is 9.80 Å². The zero-order valence-electron chi connectivity index (χ0n) is 19.2. The van der Waals surface area contributed by atoms with Crippen LogP contribution in [0.25, 0.3) is 0 Å². The third-order valence-corrected chi connectivity index (χ3v) is 4.45. The molecule has 0 heterocycles. The van der Waals surface area contributed by atoms with E-state index < -0.39 is 0 Å². The number of allylic oxidation sites excluding steroid dienone is 2. The van der Waals surface area contributed by atoms with E-state index in [4.69, 9.17) is 0 Å². The van der Waals surface area contributed by atoms with Gasteiger partial charge >= 0.3 is 0 Å². The van der Waals surface area contributed by atoms with Crippen molar-refractivity contribution in [3.63, 3.8) is 0 Å². The van der Waals surface area contributed by atoms with E-state index in [2.05, 4.69) is 103 Å². The second-order valence-corrected chi connectivity index (χ2v) is 9.02. The van der Waals surface area contributed by atoms with Crippen LogP contribution in [0.4, 0.5) is 0 Å². The lowest BCUT2D eigenvalue weighted by Gasteiger charge is -2.27. The predicted molar refractivity (Wildman–Crippen MR) is 118 cm³/mol. The normalized spacial score (nSPS) is 13.6. The van der Waals surface area contributed by atoms with Crippen molar-refractivity contribution in [2.45, 2.75) is 80.3 Å². The molecular weight excluding hydrogens is 316 g/mol. The van der Waals surface area contributed by atoms with Crippen LogP contribution >= 0.6 is 0 Å². The molecule has 0 rings (SSSR count). The molecule has 0 spiro atoms. The highest BCUT2D eigenvalue weighted by molar-refractivity contribution is 5.15. The number of nitrogens with zero attached hydrogens (tertiary/aromatic N) is 2. The molecule has 0 radical (unpaired) electrons. The average molecular weight is 361 g/mol. The van der Waals surface area contributed by atoms with Crippen LogP contribution in [0.3, 0.4) is 0 Å². The van der Waals surface area contributed by atoms with Crippen LogP contribution in [0.15, 0.2) is 23.3 Å². The summed E-state index contributed by atoms with van der Waals surface area (Å²) in [6.45, 7) is 19.7. The monoisotopic (exact) mass is 360 g/mol. The van der Waals surface area contributed by atoms with Crippen molar-refractivity contribution in [3.8, 4) is 11.8 Å². The van der Waals surface area contributed by atoms with E-state index in [1.165, 1.54) is 11.1 Å². The van der Waals surface area contributed by atoms with Gasteiger partial charge in [0.1, 0.15) is 0 Å². The Morgan fingerprint density at radius 2 is 1.00 bits per heavy atom. The van der Waals surface area contributed by atoms with Gasteiger partial charge in [0.25, 0.3) is 0 Å². The zero-order chi connectivity index (χ0) is 20.3. The third kappa shape index (κ3) is 12.3. The first kappa shape index (κ1) is 25.0. The molecule has 0 fully saturated rings. The van der Waals surface area contributed by atoms with E-state index in [0.717, 1.165) is 25.9 Å². The van der Waals surface area contributed by atoms with Crippen LogP contribution in [0, 0.1) is 23.7 Å². The van der Waals surface area contributed by atoms with Gasteiger partial charge in [0.05, 0.1) is 12.1 Å². The summed E-state index contributed by atoms with van der Waals surface area (Å²) in [6.07, 6.45) is 6.82. The second kappa shape index (κ2) is 13.2. The quantitative estimate of drug-likeness (QED) is 0.369. The topological polar surface area (TPSA) is 6.48 Å². The molecule has 0 aliphatic rings. The minimum absolute atomic E-state index is 0.317. The van der Waals surface area contributed by atoms with Crippen LogP contribution < -0.4 is 0 Å². The van der Waals surface area contributed by atoms with Gasteiger partial charge in [0, 0.05) is 13.1 Å². The van der Waals surface area contributed by atoms with Crippen molar-refractivity contribution >= 4 is 0 Å². The van der Waals surface area contributed by atoms with Gasteiger partial charge in [-0.15, -0.1) is 0 Å². The minimum Gasteiger partial charge on any atom is -0.289 e. The number of rotatable bonds is 10. The molecule has 2 nitrogen and oxygen atoms in total. The highest BCUT2D eigenvalue weighted by Gasteiger charge is 2.16. The molecule has 0 amide bonds. The first-order chi connectivity index (χ1) is 12.0. The fourth-order valence-corrected chi connectivity index (χ4v) is 2.69. The van der Waals surface area contributed by atoms with E-state index in [9.17, 15) is 0 Å². The second-order valence-electron chi connectivity index (χ2n) is 9.02. The Kier molecular flexibility index (Phi) is 12.7. The Bertz CT molecular complexity index is 450. The summed E-state index contributed by atoms with van der Waals surface area (Å²) in [7, 11) is 4.40. The van der Waals surface area contributed by atoms with Crippen LogP contribution in [0.2, 0.25) is 0 Å². The Hall–Kier alpha value is -1.04. The maximum atomic E-state index is 3.63. The van der Waals surface area contributed by atoms with Crippen molar-refractivity contribution in [3.05, 3.63) is 23.3 Å². The van der Waals surface area contributed by atoms with Crippen molar-refractivity contribution in [1.29, 1.82) is 0 Å². The van der Waals surface area contributed by atoms with Crippen molar-refractivity contribution < 1.29 is 0 Å². The standard InChI is InChI=1S/C24H44N2/c1-19(2)13-15-25(9)23(17-21(5)6)11-12-24(18-22(7)8)26(10)16-14-20(3)4/h13-14,21-24H,15-18H2,1-10H3. The SMILES string of the molecule is CC(C)=CCN(C)C(C#CC(CC(C)C)N(C)CC=C(C)C)CC(C)C. The molecule has 0 saturated carbocycles. The van der Waals surface area contributed by atoms with Crippen LogP contribution in [-0.4, -0.2) is 49.1 Å². The van der Waals surface area contributed by atoms with Gasteiger partial charge in [-0.05, 0) is 66.5 Å². The summed E-state index contributed by atoms with van der Waals surface area (Å²) in [5.74, 6) is 8.56. The molecule has 0 aromatic rings. The van der Waals surface area contributed by atoms with E-state index in [-0.39, 0.29) is 0 Å². The molecule has 150 valence electrons. The Labute approximate surface area is 164 Å². The lowest BCUT2D eigenvalue weighted by atomic mass is 10.00. The molecule has 0 N–H and O–H groups in total. The Morgan fingerprint density at radius 1 is 0.692 bits per heavy atom. The maximum Gasteiger partial charge on any atom is 0.0717 e. The highest BCUT2D eigenvalue weighted by Crippen LogP contribution is 2.13. The Balaban J connectivity index is 5.33. The first-order valence-corrected chi connectivity index (χ1v) is 10.2. The summed E-state index contributed by atoms with van der Waals surface area (Å²) in [5.41, 5.74) is 2.74. The summed E-state index contributed by atoms with van der Waals surface area (Å²) in [6, 6.07) is 0.634. The molecule has 0 aromatic heterocycles. The summed E-state index contributed by atoms with van der Waals surface area (Å²) < 4.78 is 0. The number of hydrogen-bond donors (Lipinski definition) is 0. The zero-order valence-corrected chi connectivity index (χ0v) is 19.2. The van der Waals surface area contributed by atoms with Crippen molar-refractivity contribution in [2.24, 2.45) is 11.8 Å². The largest absolute Gasteiger partial charge is 0.289 e. The molecule has 2 unspecified atom stereocenters. The van der Waals surface area contributed by atoms with Crippen molar-refractivity contribution in [2.75, 3.05) is 27.2 Å². The molecule has 0 aliphatic carbocycles. The van der Waals surface area contributed by atoms with Gasteiger partial charge in [-0.25, -0.2) is 0 Å². The summed E-state index contributed by atoms with van der Waals surface area (Å²) >= 11 is 0. The lowest BCUT2D eigenvalue weighted by molar-refractivity contribution is 0.274. The molecule has 0 aromatic carbocycles. The first-order valence-electron chi connectivity index (χ1n) is 10.2. The van der Waals surface area contributed by atoms with Gasteiger partial charge < -0.3 is 0 Å².